The van der Waals surface area contributed by atoms with Gasteiger partial charge in [0.05, 0.1) is 22.4 Å². The fraction of sp³-hybridized carbons (Fsp3) is 0.167. The van der Waals surface area contributed by atoms with Gasteiger partial charge in [-0.15, -0.1) is 0 Å². The third-order valence-electron chi connectivity index (χ3n) is 5.71. The fourth-order valence-corrected chi connectivity index (χ4v) is 4.31. The first kappa shape index (κ1) is 19.7. The van der Waals surface area contributed by atoms with Gasteiger partial charge in [0.1, 0.15) is 11.7 Å². The predicted octanol–water partition coefficient (Wildman–Crippen LogP) is 4.84. The van der Waals surface area contributed by atoms with E-state index in [2.05, 4.69) is 0 Å². The van der Waals surface area contributed by atoms with Crippen molar-refractivity contribution < 1.29 is 18.8 Å². The van der Waals surface area contributed by atoms with E-state index in [4.69, 9.17) is 16.4 Å². The van der Waals surface area contributed by atoms with Gasteiger partial charge >= 0.3 is 0 Å². The second-order valence-electron chi connectivity index (χ2n) is 7.68. The largest absolute Gasteiger partial charge is 0.273 e. The van der Waals surface area contributed by atoms with Crippen LogP contribution in [0.1, 0.15) is 17.2 Å². The van der Waals surface area contributed by atoms with Gasteiger partial charge in [-0.05, 0) is 42.8 Å². The number of imide groups is 1. The Bertz CT molecular complexity index is 1170. The standard InChI is InChI=1S/C24H18ClFN2O3/c1-14-7-9-15(10-8-14)21-20-22(31-28(21)16-5-3-2-4-6-16)24(30)27(23(20)29)17-11-12-18(25)19(26)13-17/h2-13,20-22H,1H3. The van der Waals surface area contributed by atoms with E-state index in [0.29, 0.717) is 0 Å². The number of anilines is 2. The van der Waals surface area contributed by atoms with Gasteiger partial charge in [-0.3, -0.25) is 14.4 Å². The number of fused-ring (bicyclic) bond motifs is 1. The van der Waals surface area contributed by atoms with Crippen LogP contribution in [0.4, 0.5) is 15.8 Å². The van der Waals surface area contributed by atoms with Gasteiger partial charge in [-0.1, -0.05) is 59.6 Å². The number of benzene rings is 3. The lowest BCUT2D eigenvalue weighted by Gasteiger charge is -2.28. The molecule has 5 nitrogen and oxygen atoms in total. The minimum Gasteiger partial charge on any atom is -0.273 e. The SMILES string of the molecule is Cc1ccc(C2C3C(=O)N(c4ccc(Cl)c(F)c4)C(=O)C3ON2c2ccccc2)cc1. The van der Waals surface area contributed by atoms with E-state index in [-0.39, 0.29) is 10.7 Å². The van der Waals surface area contributed by atoms with Crippen LogP contribution in [-0.2, 0) is 14.4 Å². The van der Waals surface area contributed by atoms with E-state index >= 15 is 0 Å². The maximum absolute atomic E-state index is 14.0. The first-order valence-electron chi connectivity index (χ1n) is 9.86. The zero-order valence-electron chi connectivity index (χ0n) is 16.5. The smallest absolute Gasteiger partial charge is 0.266 e. The molecule has 31 heavy (non-hydrogen) atoms. The van der Waals surface area contributed by atoms with Crippen LogP contribution in [0.2, 0.25) is 5.02 Å². The maximum Gasteiger partial charge on any atom is 0.266 e. The van der Waals surface area contributed by atoms with Crippen molar-refractivity contribution in [2.45, 2.75) is 19.1 Å². The molecule has 0 aliphatic carbocycles. The zero-order valence-corrected chi connectivity index (χ0v) is 17.3. The normalized spacial score (nSPS) is 22.9. The summed E-state index contributed by atoms with van der Waals surface area (Å²) in [6, 6.07) is 20.5. The van der Waals surface area contributed by atoms with Crippen molar-refractivity contribution in [1.82, 2.24) is 0 Å². The fourth-order valence-electron chi connectivity index (χ4n) is 4.19. The van der Waals surface area contributed by atoms with Crippen molar-refractivity contribution in [3.63, 3.8) is 0 Å². The topological polar surface area (TPSA) is 49.9 Å². The molecule has 3 aromatic carbocycles. The lowest BCUT2D eigenvalue weighted by molar-refractivity contribution is -0.126. The van der Waals surface area contributed by atoms with E-state index in [9.17, 15) is 14.0 Å². The van der Waals surface area contributed by atoms with Crippen molar-refractivity contribution in [1.29, 1.82) is 0 Å². The number of nitrogens with zero attached hydrogens (tertiary/aromatic N) is 2. The third kappa shape index (κ3) is 3.19. The molecular weight excluding hydrogens is 419 g/mol. The van der Waals surface area contributed by atoms with Crippen LogP contribution in [0.15, 0.2) is 72.8 Å². The highest BCUT2D eigenvalue weighted by Crippen LogP contribution is 2.47. The van der Waals surface area contributed by atoms with Gasteiger partial charge in [-0.2, -0.15) is 0 Å². The Balaban J connectivity index is 1.58. The van der Waals surface area contributed by atoms with Crippen LogP contribution in [-0.4, -0.2) is 17.9 Å². The van der Waals surface area contributed by atoms with Crippen molar-refractivity contribution >= 4 is 34.8 Å². The first-order valence-corrected chi connectivity index (χ1v) is 10.2. The van der Waals surface area contributed by atoms with Crippen molar-refractivity contribution in [2.75, 3.05) is 9.96 Å². The minimum absolute atomic E-state index is 0.0768. The number of carbonyl (C=O) groups is 2. The molecule has 2 amide bonds. The highest BCUT2D eigenvalue weighted by molar-refractivity contribution is 6.31. The number of para-hydroxylation sites is 1. The van der Waals surface area contributed by atoms with Crippen LogP contribution >= 0.6 is 11.6 Å². The highest BCUT2D eigenvalue weighted by atomic mass is 35.5. The minimum atomic E-state index is -1.00. The van der Waals surface area contributed by atoms with E-state index in [0.717, 1.165) is 27.8 Å². The summed E-state index contributed by atoms with van der Waals surface area (Å²) in [4.78, 5) is 33.7. The molecule has 2 heterocycles. The number of amides is 2. The number of rotatable bonds is 3. The average molecular weight is 437 g/mol. The number of hydroxylamine groups is 1. The van der Waals surface area contributed by atoms with E-state index in [1.165, 1.54) is 12.1 Å². The van der Waals surface area contributed by atoms with Crippen LogP contribution in [0.3, 0.4) is 0 Å². The summed E-state index contributed by atoms with van der Waals surface area (Å²) in [5, 5.41) is 1.56. The summed E-state index contributed by atoms with van der Waals surface area (Å²) >= 11 is 5.76. The van der Waals surface area contributed by atoms with Crippen LogP contribution in [0.5, 0.6) is 0 Å². The first-order chi connectivity index (χ1) is 15.0. The molecule has 0 N–H and O–H groups in total. The maximum atomic E-state index is 14.0. The number of hydrogen-bond acceptors (Lipinski definition) is 4. The Hall–Kier alpha value is -3.22. The summed E-state index contributed by atoms with van der Waals surface area (Å²) in [7, 11) is 0. The molecule has 2 aliphatic rings. The van der Waals surface area contributed by atoms with E-state index in [1.54, 1.807) is 5.06 Å². The molecule has 7 heteroatoms. The zero-order chi connectivity index (χ0) is 21.7. The third-order valence-corrected chi connectivity index (χ3v) is 6.01. The molecule has 156 valence electrons. The summed E-state index contributed by atoms with van der Waals surface area (Å²) in [6.45, 7) is 1.98. The second kappa shape index (κ2) is 7.48. The molecule has 3 aromatic rings. The lowest BCUT2D eigenvalue weighted by Crippen LogP contribution is -2.37. The van der Waals surface area contributed by atoms with Crippen molar-refractivity contribution in [2.24, 2.45) is 5.92 Å². The van der Waals surface area contributed by atoms with Crippen LogP contribution in [0.25, 0.3) is 0 Å². The number of hydrogen-bond donors (Lipinski definition) is 0. The molecule has 5 rings (SSSR count). The monoisotopic (exact) mass is 436 g/mol. The van der Waals surface area contributed by atoms with Gasteiger partial charge in [0, 0.05) is 0 Å². The Labute approximate surface area is 183 Å². The Morgan fingerprint density at radius 2 is 1.61 bits per heavy atom. The quantitative estimate of drug-likeness (QED) is 0.551. The van der Waals surface area contributed by atoms with Gasteiger partial charge in [0.15, 0.2) is 6.10 Å². The molecule has 2 fully saturated rings. The molecule has 0 saturated carbocycles. The molecule has 3 unspecified atom stereocenters. The summed E-state index contributed by atoms with van der Waals surface area (Å²) in [5.74, 6) is -2.42. The number of aryl methyl sites for hydroxylation is 1. The number of halogens is 2. The van der Waals surface area contributed by atoms with Crippen molar-refractivity contribution in [3.05, 3.63) is 94.8 Å². The van der Waals surface area contributed by atoms with Gasteiger partial charge in [0.25, 0.3) is 5.91 Å². The lowest BCUT2D eigenvalue weighted by atomic mass is 9.90. The molecule has 0 spiro atoms. The molecule has 0 radical (unpaired) electrons. The van der Waals surface area contributed by atoms with Gasteiger partial charge in [-0.25, -0.2) is 14.4 Å². The Kier molecular flexibility index (Phi) is 4.76. The molecule has 0 bridgehead atoms. The Morgan fingerprint density at radius 1 is 0.903 bits per heavy atom. The second-order valence-corrected chi connectivity index (χ2v) is 8.09. The van der Waals surface area contributed by atoms with Crippen LogP contribution in [0, 0.1) is 18.7 Å². The van der Waals surface area contributed by atoms with E-state index < -0.39 is 35.7 Å². The summed E-state index contributed by atoms with van der Waals surface area (Å²) in [6.07, 6.45) is -1.00. The average Bonchev–Trinajstić information content (AvgIpc) is 3.28. The predicted molar refractivity (Wildman–Crippen MR) is 115 cm³/mol. The van der Waals surface area contributed by atoms with Gasteiger partial charge < -0.3 is 0 Å². The molecule has 3 atom stereocenters. The van der Waals surface area contributed by atoms with E-state index in [1.807, 2.05) is 61.5 Å². The Morgan fingerprint density at radius 3 is 2.29 bits per heavy atom. The van der Waals surface area contributed by atoms with Crippen LogP contribution < -0.4 is 9.96 Å². The molecule has 0 aromatic heterocycles. The summed E-state index contributed by atoms with van der Waals surface area (Å²) in [5.41, 5.74) is 2.82. The van der Waals surface area contributed by atoms with Gasteiger partial charge in [0.2, 0.25) is 5.91 Å². The summed E-state index contributed by atoms with van der Waals surface area (Å²) < 4.78 is 14.0. The molecular formula is C24H18ClFN2O3. The van der Waals surface area contributed by atoms with Crippen molar-refractivity contribution in [3.8, 4) is 0 Å². The number of carbonyl (C=O) groups excluding carboxylic acids is 2. The molecule has 2 saturated heterocycles. The highest BCUT2D eigenvalue weighted by Gasteiger charge is 2.60. The molecule has 2 aliphatic heterocycles.